The van der Waals surface area contributed by atoms with Crippen molar-refractivity contribution in [1.82, 2.24) is 23.9 Å². The predicted octanol–water partition coefficient (Wildman–Crippen LogP) is 2.78. The summed E-state index contributed by atoms with van der Waals surface area (Å²) in [7, 11) is 3.74. The monoisotopic (exact) mass is 339 g/mol. The highest BCUT2D eigenvalue weighted by atomic mass is 35.5. The average Bonchev–Trinajstić information content (AvgIpc) is 3.16. The van der Waals surface area contributed by atoms with E-state index in [9.17, 15) is 4.79 Å². The summed E-state index contributed by atoms with van der Waals surface area (Å²) >= 11 is 5.95. The van der Waals surface area contributed by atoms with E-state index in [0.29, 0.717) is 10.5 Å². The summed E-state index contributed by atoms with van der Waals surface area (Å²) in [4.78, 5) is 17.1. The molecule has 0 fully saturated rings. The minimum absolute atomic E-state index is 0.166. The van der Waals surface area contributed by atoms with E-state index in [1.807, 2.05) is 43.2 Å². The van der Waals surface area contributed by atoms with Gasteiger partial charge in [0.25, 0.3) is 5.56 Å². The van der Waals surface area contributed by atoms with Gasteiger partial charge in [-0.1, -0.05) is 11.6 Å². The van der Waals surface area contributed by atoms with E-state index in [1.165, 1.54) is 0 Å². The maximum atomic E-state index is 12.8. The van der Waals surface area contributed by atoms with Gasteiger partial charge in [-0.05, 0) is 24.3 Å². The number of fused-ring (bicyclic) bond motifs is 1. The summed E-state index contributed by atoms with van der Waals surface area (Å²) in [6.07, 6.45) is 7.17. The molecule has 0 saturated carbocycles. The largest absolute Gasteiger partial charge is 0.333 e. The zero-order valence-corrected chi connectivity index (χ0v) is 13.9. The predicted molar refractivity (Wildman–Crippen MR) is 93.5 cm³/mol. The van der Waals surface area contributed by atoms with E-state index in [1.54, 1.807) is 33.9 Å². The SMILES string of the molecule is Cn1cc(-c2cn(-c3ccc(Cl)cc3)c(=O)c3ncn(C)c23)cn1. The smallest absolute Gasteiger partial charge is 0.283 e. The van der Waals surface area contributed by atoms with Crippen molar-refractivity contribution in [1.29, 1.82) is 0 Å². The highest BCUT2D eigenvalue weighted by Gasteiger charge is 2.16. The van der Waals surface area contributed by atoms with Crippen LogP contribution in [0.15, 0.2) is 54.0 Å². The molecule has 0 aliphatic rings. The molecule has 6 nitrogen and oxygen atoms in total. The first kappa shape index (κ1) is 14.7. The molecule has 4 rings (SSSR count). The first-order chi connectivity index (χ1) is 11.5. The van der Waals surface area contributed by atoms with Crippen LogP contribution in [0.2, 0.25) is 5.02 Å². The van der Waals surface area contributed by atoms with Gasteiger partial charge >= 0.3 is 0 Å². The first-order valence-electron chi connectivity index (χ1n) is 7.36. The zero-order valence-electron chi connectivity index (χ0n) is 13.1. The number of hydrogen-bond donors (Lipinski definition) is 0. The third-order valence-electron chi connectivity index (χ3n) is 3.99. The Morgan fingerprint density at radius 2 is 1.83 bits per heavy atom. The third-order valence-corrected chi connectivity index (χ3v) is 4.24. The van der Waals surface area contributed by atoms with Crippen LogP contribution in [0, 0.1) is 0 Å². The lowest BCUT2D eigenvalue weighted by molar-refractivity contribution is 0.768. The lowest BCUT2D eigenvalue weighted by atomic mass is 10.1. The van der Waals surface area contributed by atoms with Crippen LogP contribution in [-0.4, -0.2) is 23.9 Å². The van der Waals surface area contributed by atoms with Crippen molar-refractivity contribution in [2.24, 2.45) is 14.1 Å². The van der Waals surface area contributed by atoms with Crippen LogP contribution in [0.25, 0.3) is 27.8 Å². The summed E-state index contributed by atoms with van der Waals surface area (Å²) in [6, 6.07) is 7.14. The van der Waals surface area contributed by atoms with Gasteiger partial charge in [-0.2, -0.15) is 5.10 Å². The van der Waals surface area contributed by atoms with Gasteiger partial charge in [-0.25, -0.2) is 4.98 Å². The lowest BCUT2D eigenvalue weighted by Gasteiger charge is -2.10. The quantitative estimate of drug-likeness (QED) is 0.564. The molecule has 0 saturated heterocycles. The molecule has 1 aromatic carbocycles. The Balaban J connectivity index is 2.07. The number of rotatable bonds is 2. The van der Waals surface area contributed by atoms with Crippen molar-refractivity contribution < 1.29 is 0 Å². The number of nitrogens with zero attached hydrogens (tertiary/aromatic N) is 5. The number of benzene rings is 1. The van der Waals surface area contributed by atoms with Gasteiger partial charge in [0.2, 0.25) is 0 Å². The second-order valence-corrected chi connectivity index (χ2v) is 6.09. The number of halogens is 1. The summed E-state index contributed by atoms with van der Waals surface area (Å²) in [5, 5.41) is 4.86. The molecule has 0 radical (unpaired) electrons. The van der Waals surface area contributed by atoms with Crippen molar-refractivity contribution in [3.63, 3.8) is 0 Å². The Morgan fingerprint density at radius 1 is 1.08 bits per heavy atom. The highest BCUT2D eigenvalue weighted by molar-refractivity contribution is 6.30. The number of hydrogen-bond acceptors (Lipinski definition) is 3. The van der Waals surface area contributed by atoms with Crippen molar-refractivity contribution in [3.8, 4) is 16.8 Å². The van der Waals surface area contributed by atoms with Crippen molar-refractivity contribution in [2.45, 2.75) is 0 Å². The molecule has 0 amide bonds. The van der Waals surface area contributed by atoms with Gasteiger partial charge < -0.3 is 4.57 Å². The molecule has 3 aromatic heterocycles. The highest BCUT2D eigenvalue weighted by Crippen LogP contribution is 2.26. The van der Waals surface area contributed by atoms with Gasteiger partial charge in [0.05, 0.1) is 18.0 Å². The fourth-order valence-corrected chi connectivity index (χ4v) is 2.96. The standard InChI is InChI=1S/C17H14ClN5O/c1-21-10-19-15-16(21)14(11-7-20-22(2)8-11)9-23(17(15)24)13-5-3-12(18)4-6-13/h3-10H,1-2H3. The second kappa shape index (κ2) is 5.35. The fourth-order valence-electron chi connectivity index (χ4n) is 2.83. The summed E-state index contributed by atoms with van der Waals surface area (Å²) < 4.78 is 5.18. The lowest BCUT2D eigenvalue weighted by Crippen LogP contribution is -2.19. The molecule has 0 unspecified atom stereocenters. The van der Waals surface area contributed by atoms with Crippen LogP contribution >= 0.6 is 11.6 Å². The van der Waals surface area contributed by atoms with E-state index in [4.69, 9.17) is 11.6 Å². The Hall–Kier alpha value is -2.86. The normalized spacial score (nSPS) is 11.3. The van der Waals surface area contributed by atoms with Crippen LogP contribution in [0.5, 0.6) is 0 Å². The Labute approximate surface area is 142 Å². The summed E-state index contributed by atoms with van der Waals surface area (Å²) in [5.74, 6) is 0. The van der Waals surface area contributed by atoms with Gasteiger partial charge in [-0.3, -0.25) is 14.0 Å². The summed E-state index contributed by atoms with van der Waals surface area (Å²) in [6.45, 7) is 0. The molecule has 0 bridgehead atoms. The van der Waals surface area contributed by atoms with E-state index < -0.39 is 0 Å². The number of aromatic nitrogens is 5. The van der Waals surface area contributed by atoms with E-state index in [2.05, 4.69) is 10.1 Å². The van der Waals surface area contributed by atoms with E-state index >= 15 is 0 Å². The Bertz CT molecular complexity index is 1100. The molecule has 0 aliphatic carbocycles. The number of pyridine rings is 1. The fraction of sp³-hybridized carbons (Fsp3) is 0.118. The third kappa shape index (κ3) is 2.23. The molecule has 7 heteroatoms. The van der Waals surface area contributed by atoms with Crippen LogP contribution < -0.4 is 5.56 Å². The summed E-state index contributed by atoms with van der Waals surface area (Å²) in [5.41, 5.74) is 3.61. The van der Waals surface area contributed by atoms with Crippen LogP contribution in [0.4, 0.5) is 0 Å². The molecular weight excluding hydrogens is 326 g/mol. The topological polar surface area (TPSA) is 57.6 Å². The molecule has 0 spiro atoms. The average molecular weight is 340 g/mol. The maximum absolute atomic E-state index is 12.8. The Morgan fingerprint density at radius 3 is 2.50 bits per heavy atom. The first-order valence-corrected chi connectivity index (χ1v) is 7.74. The molecule has 120 valence electrons. The Kier molecular flexibility index (Phi) is 3.28. The minimum atomic E-state index is -0.166. The number of imidazole rings is 1. The van der Waals surface area contributed by atoms with Crippen molar-refractivity contribution in [2.75, 3.05) is 0 Å². The van der Waals surface area contributed by atoms with Gasteiger partial charge in [0, 0.05) is 48.3 Å². The van der Waals surface area contributed by atoms with Crippen molar-refractivity contribution >= 4 is 22.6 Å². The van der Waals surface area contributed by atoms with Gasteiger partial charge in [-0.15, -0.1) is 0 Å². The van der Waals surface area contributed by atoms with Crippen molar-refractivity contribution in [3.05, 3.63) is 64.6 Å². The molecule has 24 heavy (non-hydrogen) atoms. The molecule has 0 atom stereocenters. The molecule has 0 N–H and O–H groups in total. The van der Waals surface area contributed by atoms with E-state index in [-0.39, 0.29) is 5.56 Å². The van der Waals surface area contributed by atoms with Gasteiger partial charge in [0.15, 0.2) is 5.52 Å². The van der Waals surface area contributed by atoms with E-state index in [0.717, 1.165) is 22.3 Å². The second-order valence-electron chi connectivity index (χ2n) is 5.65. The molecule has 0 aliphatic heterocycles. The molecule has 4 aromatic rings. The minimum Gasteiger partial charge on any atom is -0.333 e. The van der Waals surface area contributed by atoms with Crippen LogP contribution in [-0.2, 0) is 14.1 Å². The molecule has 3 heterocycles. The number of aryl methyl sites for hydroxylation is 2. The molecular formula is C17H14ClN5O. The maximum Gasteiger partial charge on any atom is 0.283 e. The van der Waals surface area contributed by atoms with Crippen LogP contribution in [0.3, 0.4) is 0 Å². The zero-order chi connectivity index (χ0) is 16.8. The van der Waals surface area contributed by atoms with Crippen LogP contribution in [0.1, 0.15) is 0 Å². The van der Waals surface area contributed by atoms with Gasteiger partial charge in [0.1, 0.15) is 0 Å².